The summed E-state index contributed by atoms with van der Waals surface area (Å²) in [6, 6.07) is -0.477. The molecule has 0 unspecified atom stereocenters. The van der Waals surface area contributed by atoms with E-state index in [9.17, 15) is 4.79 Å². The van der Waals surface area contributed by atoms with Crippen molar-refractivity contribution in [1.29, 1.82) is 0 Å². The Morgan fingerprint density at radius 2 is 1.48 bits per heavy atom. The Bertz CT molecular complexity index is 235. The Kier molecular flexibility index (Phi) is 15.3. The molecule has 0 bridgehead atoms. The average Bonchev–Trinajstić information content (AvgIpc) is 2.49. The molecule has 0 amide bonds. The van der Waals surface area contributed by atoms with Gasteiger partial charge in [0, 0.05) is 0 Å². The van der Waals surface area contributed by atoms with Crippen LogP contribution in [0.15, 0.2) is 0 Å². The average molecular weight is 300 g/mol. The minimum atomic E-state index is -0.477. The lowest BCUT2D eigenvalue weighted by Gasteiger charge is -2.11. The van der Waals surface area contributed by atoms with Gasteiger partial charge >= 0.3 is 5.97 Å². The number of ether oxygens (including phenoxy) is 1. The fraction of sp³-hybridized carbons (Fsp3) is 0.941. The maximum atomic E-state index is 11.6. The van der Waals surface area contributed by atoms with E-state index in [-0.39, 0.29) is 5.97 Å². The molecule has 0 spiro atoms. The number of esters is 1. The number of carbonyl (C=O) groups excluding carboxylic acids is 1. The van der Waals surface area contributed by atoms with Crippen LogP contribution in [0.25, 0.3) is 0 Å². The van der Waals surface area contributed by atoms with Crippen LogP contribution in [0.5, 0.6) is 0 Å². The number of unbranched alkanes of at least 4 members (excludes halogenated alkanes) is 9. The van der Waals surface area contributed by atoms with E-state index in [1.165, 1.54) is 44.9 Å². The molecule has 126 valence electrons. The molecule has 0 fully saturated rings. The molecule has 0 aliphatic rings. The van der Waals surface area contributed by atoms with Crippen molar-refractivity contribution in [3.8, 4) is 0 Å². The molecule has 0 saturated heterocycles. The number of rotatable bonds is 15. The van der Waals surface area contributed by atoms with Crippen molar-refractivity contribution in [3.63, 3.8) is 0 Å². The highest BCUT2D eigenvalue weighted by Gasteiger charge is 2.13. The Morgan fingerprint density at radius 1 is 0.905 bits per heavy atom. The van der Waals surface area contributed by atoms with E-state index in [1.54, 1.807) is 0 Å². The van der Waals surface area contributed by atoms with Crippen LogP contribution in [-0.2, 0) is 9.53 Å². The highest BCUT2D eigenvalue weighted by atomic mass is 16.5. The quantitative estimate of drug-likeness (QED) is 0.358. The molecular formula is C17H36N2O2. The first kappa shape index (κ1) is 20.4. The van der Waals surface area contributed by atoms with Gasteiger partial charge in [-0.15, -0.1) is 0 Å². The minimum Gasteiger partial charge on any atom is -0.465 e. The van der Waals surface area contributed by atoms with Gasteiger partial charge in [-0.3, -0.25) is 4.79 Å². The highest BCUT2D eigenvalue weighted by molar-refractivity contribution is 5.75. The van der Waals surface area contributed by atoms with E-state index in [4.69, 9.17) is 16.2 Å². The Labute approximate surface area is 131 Å². The number of nitrogens with two attached hydrogens (primary N) is 2. The molecule has 0 aromatic carbocycles. The Hall–Kier alpha value is -0.610. The van der Waals surface area contributed by atoms with Crippen molar-refractivity contribution in [3.05, 3.63) is 0 Å². The first-order valence-corrected chi connectivity index (χ1v) is 8.84. The van der Waals surface area contributed by atoms with Crippen molar-refractivity contribution >= 4 is 5.97 Å². The zero-order chi connectivity index (χ0) is 15.8. The van der Waals surface area contributed by atoms with E-state index in [0.29, 0.717) is 19.6 Å². The van der Waals surface area contributed by atoms with E-state index in [0.717, 1.165) is 25.7 Å². The summed E-state index contributed by atoms with van der Waals surface area (Å²) in [4.78, 5) is 11.6. The first-order chi connectivity index (χ1) is 10.2. The summed E-state index contributed by atoms with van der Waals surface area (Å²) in [5.41, 5.74) is 11.2. The SMILES string of the molecule is CCCCCCCCCCCOC(=O)[C@@H](N)CCCCN. The summed E-state index contributed by atoms with van der Waals surface area (Å²) in [5.74, 6) is -0.258. The molecule has 21 heavy (non-hydrogen) atoms. The van der Waals surface area contributed by atoms with Gasteiger partial charge in [0.25, 0.3) is 0 Å². The van der Waals surface area contributed by atoms with Gasteiger partial charge in [0.05, 0.1) is 6.61 Å². The molecule has 0 rings (SSSR count). The van der Waals surface area contributed by atoms with Crippen LogP contribution in [0.2, 0.25) is 0 Å². The molecule has 1 atom stereocenters. The number of hydrogen-bond acceptors (Lipinski definition) is 4. The van der Waals surface area contributed by atoms with Gasteiger partial charge in [-0.25, -0.2) is 0 Å². The lowest BCUT2D eigenvalue weighted by atomic mass is 10.1. The third-order valence-corrected chi connectivity index (χ3v) is 3.76. The Balaban J connectivity index is 3.28. The van der Waals surface area contributed by atoms with Gasteiger partial charge in [-0.2, -0.15) is 0 Å². The van der Waals surface area contributed by atoms with Gasteiger partial charge in [0.1, 0.15) is 6.04 Å². The molecule has 0 aromatic rings. The van der Waals surface area contributed by atoms with Crippen LogP contribution in [0.3, 0.4) is 0 Å². The normalized spacial score (nSPS) is 12.3. The maximum absolute atomic E-state index is 11.6. The molecule has 0 radical (unpaired) electrons. The molecule has 4 heteroatoms. The number of carbonyl (C=O) groups is 1. The van der Waals surface area contributed by atoms with Crippen LogP contribution in [-0.4, -0.2) is 25.2 Å². The monoisotopic (exact) mass is 300 g/mol. The van der Waals surface area contributed by atoms with Crippen LogP contribution in [0.1, 0.15) is 84.0 Å². The van der Waals surface area contributed by atoms with Gasteiger partial charge in [-0.1, -0.05) is 64.7 Å². The molecule has 0 heterocycles. The van der Waals surface area contributed by atoms with E-state index in [1.807, 2.05) is 0 Å². The number of hydrogen-bond donors (Lipinski definition) is 2. The van der Waals surface area contributed by atoms with Crippen molar-refractivity contribution < 1.29 is 9.53 Å². The van der Waals surface area contributed by atoms with E-state index >= 15 is 0 Å². The highest BCUT2D eigenvalue weighted by Crippen LogP contribution is 2.09. The lowest BCUT2D eigenvalue weighted by molar-refractivity contribution is -0.145. The second-order valence-electron chi connectivity index (χ2n) is 5.89. The summed E-state index contributed by atoms with van der Waals surface area (Å²) in [6.45, 7) is 3.41. The molecule has 4 N–H and O–H groups in total. The maximum Gasteiger partial charge on any atom is 0.322 e. The predicted molar refractivity (Wildman–Crippen MR) is 89.1 cm³/mol. The standard InChI is InChI=1S/C17H36N2O2/c1-2-3-4-5-6-7-8-9-12-15-21-17(20)16(19)13-10-11-14-18/h16H,2-15,18-19H2,1H3/t16-/m0/s1. The summed E-state index contributed by atoms with van der Waals surface area (Å²) >= 11 is 0. The summed E-state index contributed by atoms with van der Waals surface area (Å²) < 4.78 is 5.20. The molecule has 0 aliphatic carbocycles. The van der Waals surface area contributed by atoms with Gasteiger partial charge in [0.15, 0.2) is 0 Å². The van der Waals surface area contributed by atoms with Crippen molar-refractivity contribution in [2.24, 2.45) is 11.5 Å². The zero-order valence-corrected chi connectivity index (χ0v) is 13.9. The van der Waals surface area contributed by atoms with Crippen LogP contribution >= 0.6 is 0 Å². The van der Waals surface area contributed by atoms with Gasteiger partial charge < -0.3 is 16.2 Å². The molecule has 0 aromatic heterocycles. The molecule has 0 saturated carbocycles. The smallest absolute Gasteiger partial charge is 0.322 e. The summed E-state index contributed by atoms with van der Waals surface area (Å²) in [6.07, 6.45) is 13.9. The minimum absolute atomic E-state index is 0.258. The molecular weight excluding hydrogens is 264 g/mol. The van der Waals surface area contributed by atoms with Crippen LogP contribution < -0.4 is 11.5 Å². The van der Waals surface area contributed by atoms with E-state index < -0.39 is 6.04 Å². The van der Waals surface area contributed by atoms with Crippen molar-refractivity contribution in [2.75, 3.05) is 13.2 Å². The lowest BCUT2D eigenvalue weighted by Crippen LogP contribution is -2.32. The van der Waals surface area contributed by atoms with Crippen LogP contribution in [0.4, 0.5) is 0 Å². The second-order valence-corrected chi connectivity index (χ2v) is 5.89. The summed E-state index contributed by atoms with van der Waals surface area (Å²) in [7, 11) is 0. The third-order valence-electron chi connectivity index (χ3n) is 3.76. The zero-order valence-electron chi connectivity index (χ0n) is 13.9. The summed E-state index contributed by atoms with van der Waals surface area (Å²) in [5, 5.41) is 0. The van der Waals surface area contributed by atoms with Crippen molar-refractivity contribution in [2.45, 2.75) is 90.0 Å². The fourth-order valence-electron chi connectivity index (χ4n) is 2.32. The second kappa shape index (κ2) is 15.8. The Morgan fingerprint density at radius 3 is 2.05 bits per heavy atom. The predicted octanol–water partition coefficient (Wildman–Crippen LogP) is 3.52. The molecule has 0 aliphatic heterocycles. The van der Waals surface area contributed by atoms with Gasteiger partial charge in [-0.05, 0) is 25.8 Å². The fourth-order valence-corrected chi connectivity index (χ4v) is 2.32. The van der Waals surface area contributed by atoms with Crippen LogP contribution in [0, 0.1) is 0 Å². The molecule has 4 nitrogen and oxygen atoms in total. The topological polar surface area (TPSA) is 78.3 Å². The first-order valence-electron chi connectivity index (χ1n) is 8.84. The van der Waals surface area contributed by atoms with Crippen molar-refractivity contribution in [1.82, 2.24) is 0 Å². The van der Waals surface area contributed by atoms with Gasteiger partial charge in [0.2, 0.25) is 0 Å². The third kappa shape index (κ3) is 14.1. The van der Waals surface area contributed by atoms with E-state index in [2.05, 4.69) is 6.92 Å². The largest absolute Gasteiger partial charge is 0.465 e.